The summed E-state index contributed by atoms with van der Waals surface area (Å²) >= 11 is 0. The molecule has 0 aromatic heterocycles. The summed E-state index contributed by atoms with van der Waals surface area (Å²) in [5.41, 5.74) is 1.30. The highest BCUT2D eigenvalue weighted by Gasteiger charge is 1.96. The molecular weight excluding hydrogens is 196 g/mol. The van der Waals surface area contributed by atoms with E-state index in [2.05, 4.69) is 30.7 Å². The van der Waals surface area contributed by atoms with Crippen molar-refractivity contribution in [3.63, 3.8) is 0 Å². The zero-order chi connectivity index (χ0) is 12.2. The molecule has 0 atom stereocenters. The highest BCUT2D eigenvalue weighted by atomic mass is 15.0. The molecule has 0 saturated carbocycles. The lowest BCUT2D eigenvalue weighted by atomic mass is 10.1. The third kappa shape index (κ3) is 9.75. The summed E-state index contributed by atoms with van der Waals surface area (Å²) in [6, 6.07) is 0. The van der Waals surface area contributed by atoms with E-state index in [-0.39, 0.29) is 0 Å². The monoisotopic (exact) mass is 224 g/mol. The van der Waals surface area contributed by atoms with Crippen LogP contribution in [0, 0.1) is 0 Å². The molecule has 0 radical (unpaired) electrons. The summed E-state index contributed by atoms with van der Waals surface area (Å²) in [4.78, 5) is 4.26. The fourth-order valence-corrected chi connectivity index (χ4v) is 1.58. The van der Waals surface area contributed by atoms with Crippen molar-refractivity contribution in [1.82, 2.24) is 5.32 Å². The molecule has 2 heteroatoms. The predicted octanol–water partition coefficient (Wildman–Crippen LogP) is 3.93. The Morgan fingerprint density at radius 3 is 2.44 bits per heavy atom. The SMILES string of the molecule is C=C(C)CCCCCNC(CCCC)=NC. The van der Waals surface area contributed by atoms with Gasteiger partial charge in [0.25, 0.3) is 0 Å². The zero-order valence-corrected chi connectivity index (χ0v) is 11.3. The van der Waals surface area contributed by atoms with Crippen LogP contribution in [0.3, 0.4) is 0 Å². The van der Waals surface area contributed by atoms with Crippen LogP contribution in [0.5, 0.6) is 0 Å². The van der Waals surface area contributed by atoms with E-state index in [1.807, 2.05) is 7.05 Å². The summed E-state index contributed by atoms with van der Waals surface area (Å²) in [7, 11) is 1.87. The molecule has 0 saturated heterocycles. The topological polar surface area (TPSA) is 24.4 Å². The van der Waals surface area contributed by atoms with Crippen LogP contribution < -0.4 is 5.32 Å². The minimum atomic E-state index is 1.06. The summed E-state index contributed by atoms with van der Waals surface area (Å²) in [6.45, 7) is 9.29. The molecule has 0 amide bonds. The maximum absolute atomic E-state index is 4.26. The van der Waals surface area contributed by atoms with Crippen LogP contribution >= 0.6 is 0 Å². The Kier molecular flexibility index (Phi) is 10.2. The molecule has 0 aromatic rings. The summed E-state index contributed by atoms with van der Waals surface area (Å²) < 4.78 is 0. The number of hydrogen-bond donors (Lipinski definition) is 1. The number of hydrogen-bond acceptors (Lipinski definition) is 1. The Hall–Kier alpha value is -0.790. The van der Waals surface area contributed by atoms with Crippen LogP contribution in [0.15, 0.2) is 17.1 Å². The Labute approximate surface area is 101 Å². The van der Waals surface area contributed by atoms with Crippen molar-refractivity contribution >= 4 is 5.84 Å². The Morgan fingerprint density at radius 2 is 1.88 bits per heavy atom. The maximum Gasteiger partial charge on any atom is 0.0959 e. The molecule has 0 aliphatic carbocycles. The second-order valence-electron chi connectivity index (χ2n) is 4.47. The molecule has 0 aromatic carbocycles. The molecule has 0 spiro atoms. The van der Waals surface area contributed by atoms with Crippen molar-refractivity contribution in [1.29, 1.82) is 0 Å². The van der Waals surface area contributed by atoms with E-state index >= 15 is 0 Å². The van der Waals surface area contributed by atoms with Crippen molar-refractivity contribution in [2.75, 3.05) is 13.6 Å². The molecule has 0 unspecified atom stereocenters. The molecule has 16 heavy (non-hydrogen) atoms. The second-order valence-corrected chi connectivity index (χ2v) is 4.47. The fourth-order valence-electron chi connectivity index (χ4n) is 1.58. The minimum absolute atomic E-state index is 1.06. The van der Waals surface area contributed by atoms with E-state index in [0.717, 1.165) is 13.0 Å². The largest absolute Gasteiger partial charge is 0.374 e. The number of amidine groups is 1. The van der Waals surface area contributed by atoms with Gasteiger partial charge in [0.15, 0.2) is 0 Å². The van der Waals surface area contributed by atoms with E-state index in [4.69, 9.17) is 0 Å². The van der Waals surface area contributed by atoms with Gasteiger partial charge in [-0.1, -0.05) is 25.3 Å². The van der Waals surface area contributed by atoms with Crippen LogP contribution in [0.4, 0.5) is 0 Å². The molecule has 94 valence electrons. The number of nitrogens with one attached hydrogen (secondary N) is 1. The number of aliphatic imine (C=N–C) groups is 1. The summed E-state index contributed by atoms with van der Waals surface area (Å²) in [6.07, 6.45) is 8.52. The van der Waals surface area contributed by atoms with E-state index in [9.17, 15) is 0 Å². The van der Waals surface area contributed by atoms with E-state index in [1.165, 1.54) is 49.9 Å². The number of nitrogens with zero attached hydrogens (tertiary/aromatic N) is 1. The summed E-state index contributed by atoms with van der Waals surface area (Å²) in [5.74, 6) is 1.17. The third-order valence-corrected chi connectivity index (χ3v) is 2.65. The number of rotatable bonds is 9. The van der Waals surface area contributed by atoms with Crippen LogP contribution in [0.2, 0.25) is 0 Å². The minimum Gasteiger partial charge on any atom is -0.374 e. The molecule has 0 fully saturated rings. The predicted molar refractivity (Wildman–Crippen MR) is 74.2 cm³/mol. The quantitative estimate of drug-likeness (QED) is 0.273. The normalized spacial score (nSPS) is 11.6. The van der Waals surface area contributed by atoms with Gasteiger partial charge in [0, 0.05) is 20.0 Å². The van der Waals surface area contributed by atoms with E-state index in [1.54, 1.807) is 0 Å². The summed E-state index contributed by atoms with van der Waals surface area (Å²) in [5, 5.41) is 3.42. The highest BCUT2D eigenvalue weighted by Crippen LogP contribution is 2.05. The zero-order valence-electron chi connectivity index (χ0n) is 11.3. The van der Waals surface area contributed by atoms with Gasteiger partial charge in [0.05, 0.1) is 5.84 Å². The van der Waals surface area contributed by atoms with Gasteiger partial charge in [-0.05, 0) is 32.6 Å². The molecule has 0 aliphatic rings. The Bertz CT molecular complexity index is 207. The van der Waals surface area contributed by atoms with E-state index < -0.39 is 0 Å². The van der Waals surface area contributed by atoms with E-state index in [0.29, 0.717) is 0 Å². The lowest BCUT2D eigenvalue weighted by Crippen LogP contribution is -2.24. The van der Waals surface area contributed by atoms with Gasteiger partial charge in [-0.2, -0.15) is 0 Å². The molecule has 0 heterocycles. The highest BCUT2D eigenvalue weighted by molar-refractivity contribution is 5.81. The van der Waals surface area contributed by atoms with Gasteiger partial charge in [0.2, 0.25) is 0 Å². The smallest absolute Gasteiger partial charge is 0.0959 e. The maximum atomic E-state index is 4.26. The van der Waals surface area contributed by atoms with Crippen molar-refractivity contribution < 1.29 is 0 Å². The Balaban J connectivity index is 3.38. The average molecular weight is 224 g/mol. The number of unbranched alkanes of at least 4 members (excludes halogenated alkanes) is 3. The molecule has 1 N–H and O–H groups in total. The van der Waals surface area contributed by atoms with Crippen molar-refractivity contribution in [2.45, 2.75) is 58.8 Å². The van der Waals surface area contributed by atoms with Gasteiger partial charge >= 0.3 is 0 Å². The van der Waals surface area contributed by atoms with Crippen LogP contribution in [-0.4, -0.2) is 19.4 Å². The average Bonchev–Trinajstić information content (AvgIpc) is 2.26. The second kappa shape index (κ2) is 10.7. The molecule has 0 aliphatic heterocycles. The van der Waals surface area contributed by atoms with Crippen LogP contribution in [0.25, 0.3) is 0 Å². The lowest BCUT2D eigenvalue weighted by Gasteiger charge is -2.08. The lowest BCUT2D eigenvalue weighted by molar-refractivity contribution is 0.656. The van der Waals surface area contributed by atoms with Crippen LogP contribution in [-0.2, 0) is 0 Å². The van der Waals surface area contributed by atoms with Gasteiger partial charge < -0.3 is 5.32 Å². The first-order valence-electron chi connectivity index (χ1n) is 6.54. The van der Waals surface area contributed by atoms with Gasteiger partial charge in [0.1, 0.15) is 0 Å². The molecule has 2 nitrogen and oxygen atoms in total. The van der Waals surface area contributed by atoms with Crippen molar-refractivity contribution in [2.24, 2.45) is 4.99 Å². The van der Waals surface area contributed by atoms with Gasteiger partial charge in [-0.3, -0.25) is 4.99 Å². The Morgan fingerprint density at radius 1 is 1.12 bits per heavy atom. The first-order chi connectivity index (χ1) is 7.70. The first-order valence-corrected chi connectivity index (χ1v) is 6.54. The molecule has 0 rings (SSSR count). The standard InChI is InChI=1S/C14H28N2/c1-5-6-11-14(15-4)16-12-9-7-8-10-13(2)3/h2,5-12H2,1,3-4H3,(H,15,16). The van der Waals surface area contributed by atoms with Crippen molar-refractivity contribution in [3.8, 4) is 0 Å². The molecule has 0 bridgehead atoms. The van der Waals surface area contributed by atoms with Crippen molar-refractivity contribution in [3.05, 3.63) is 12.2 Å². The van der Waals surface area contributed by atoms with Crippen LogP contribution in [0.1, 0.15) is 58.8 Å². The fraction of sp³-hybridized carbons (Fsp3) is 0.786. The van der Waals surface area contributed by atoms with Gasteiger partial charge in [-0.15, -0.1) is 6.58 Å². The van der Waals surface area contributed by atoms with Gasteiger partial charge in [-0.25, -0.2) is 0 Å². The third-order valence-electron chi connectivity index (χ3n) is 2.65. The number of allylic oxidation sites excluding steroid dienone is 1. The first kappa shape index (κ1) is 15.2. The molecular formula is C14H28N2.